The SMILES string of the molecule is CCn1c(CNc2nc(-c3ccccc3)cs2)nnc1SCC(=O)Nc1ccc(C)c(Cl)c1. The van der Waals surface area contributed by atoms with Crippen molar-refractivity contribution in [1.82, 2.24) is 19.7 Å². The van der Waals surface area contributed by atoms with Gasteiger partial charge >= 0.3 is 0 Å². The molecule has 0 fully saturated rings. The minimum Gasteiger partial charge on any atom is -0.354 e. The van der Waals surface area contributed by atoms with Crippen LogP contribution in [0.25, 0.3) is 11.3 Å². The van der Waals surface area contributed by atoms with E-state index in [2.05, 4.69) is 25.8 Å². The average molecular weight is 499 g/mol. The molecule has 0 atom stereocenters. The van der Waals surface area contributed by atoms with E-state index in [-0.39, 0.29) is 11.7 Å². The van der Waals surface area contributed by atoms with E-state index in [1.54, 1.807) is 17.4 Å². The first-order chi connectivity index (χ1) is 16.0. The summed E-state index contributed by atoms with van der Waals surface area (Å²) in [5.41, 5.74) is 3.67. The highest BCUT2D eigenvalue weighted by Gasteiger charge is 2.14. The normalized spacial score (nSPS) is 10.9. The van der Waals surface area contributed by atoms with Crippen LogP contribution in [-0.2, 0) is 17.9 Å². The molecule has 0 saturated carbocycles. The van der Waals surface area contributed by atoms with Gasteiger partial charge in [0.2, 0.25) is 5.91 Å². The molecule has 2 aromatic heterocycles. The van der Waals surface area contributed by atoms with Crippen molar-refractivity contribution >= 4 is 51.4 Å². The maximum absolute atomic E-state index is 12.4. The summed E-state index contributed by atoms with van der Waals surface area (Å²) in [5, 5.41) is 19.0. The van der Waals surface area contributed by atoms with Gasteiger partial charge in [-0.15, -0.1) is 21.5 Å². The quantitative estimate of drug-likeness (QED) is 0.287. The summed E-state index contributed by atoms with van der Waals surface area (Å²) in [5.74, 6) is 0.896. The number of aromatic nitrogens is 4. The van der Waals surface area contributed by atoms with Crippen LogP contribution in [-0.4, -0.2) is 31.4 Å². The summed E-state index contributed by atoms with van der Waals surface area (Å²) in [6, 6.07) is 15.5. The number of nitrogens with one attached hydrogen (secondary N) is 2. The van der Waals surface area contributed by atoms with Crippen LogP contribution < -0.4 is 10.6 Å². The standard InChI is InChI=1S/C23H23ClN6OS2/c1-3-30-20(12-25-22-27-19(13-32-22)16-7-5-4-6-8-16)28-29-23(30)33-14-21(31)26-17-10-9-15(2)18(24)11-17/h4-11,13H,3,12,14H2,1-2H3,(H,25,27)(H,26,31). The van der Waals surface area contributed by atoms with Gasteiger partial charge in [0.25, 0.3) is 0 Å². The molecule has 4 rings (SSSR count). The van der Waals surface area contributed by atoms with Crippen molar-refractivity contribution in [2.24, 2.45) is 0 Å². The monoisotopic (exact) mass is 498 g/mol. The van der Waals surface area contributed by atoms with Gasteiger partial charge in [-0.25, -0.2) is 4.98 Å². The molecule has 2 heterocycles. The Morgan fingerprint density at radius 3 is 2.76 bits per heavy atom. The fourth-order valence-corrected chi connectivity index (χ4v) is 4.84. The third-order valence-electron chi connectivity index (χ3n) is 4.87. The Kier molecular flexibility index (Phi) is 7.64. The fraction of sp³-hybridized carbons (Fsp3) is 0.217. The zero-order valence-corrected chi connectivity index (χ0v) is 20.6. The van der Waals surface area contributed by atoms with Crippen LogP contribution in [0.2, 0.25) is 5.02 Å². The van der Waals surface area contributed by atoms with E-state index in [0.717, 1.165) is 27.8 Å². The van der Waals surface area contributed by atoms with Crippen molar-refractivity contribution in [2.75, 3.05) is 16.4 Å². The smallest absolute Gasteiger partial charge is 0.234 e. The van der Waals surface area contributed by atoms with Crippen molar-refractivity contribution in [3.05, 3.63) is 70.3 Å². The van der Waals surface area contributed by atoms with Crippen molar-refractivity contribution in [2.45, 2.75) is 32.1 Å². The molecule has 0 aliphatic rings. The number of amides is 1. The van der Waals surface area contributed by atoms with E-state index < -0.39 is 0 Å². The Balaban J connectivity index is 1.33. The van der Waals surface area contributed by atoms with Gasteiger partial charge in [-0.05, 0) is 31.5 Å². The van der Waals surface area contributed by atoms with Gasteiger partial charge in [0.05, 0.1) is 18.0 Å². The van der Waals surface area contributed by atoms with Crippen LogP contribution in [0.1, 0.15) is 18.3 Å². The van der Waals surface area contributed by atoms with E-state index in [1.807, 2.05) is 66.3 Å². The molecule has 0 radical (unpaired) electrons. The molecule has 0 saturated heterocycles. The lowest BCUT2D eigenvalue weighted by Gasteiger charge is -2.09. The molecular weight excluding hydrogens is 476 g/mol. The lowest BCUT2D eigenvalue weighted by atomic mass is 10.2. The lowest BCUT2D eigenvalue weighted by molar-refractivity contribution is -0.113. The Hall–Kier alpha value is -2.88. The number of hydrogen-bond acceptors (Lipinski definition) is 7. The number of thiazole rings is 1. The maximum atomic E-state index is 12.4. The topological polar surface area (TPSA) is 84.7 Å². The summed E-state index contributed by atoms with van der Waals surface area (Å²) in [6.45, 7) is 5.15. The Morgan fingerprint density at radius 1 is 1.18 bits per heavy atom. The lowest BCUT2D eigenvalue weighted by Crippen LogP contribution is -2.15. The average Bonchev–Trinajstić information content (AvgIpc) is 3.46. The molecule has 0 aliphatic carbocycles. The second kappa shape index (κ2) is 10.8. The highest BCUT2D eigenvalue weighted by Crippen LogP contribution is 2.25. The molecule has 0 unspecified atom stereocenters. The van der Waals surface area contributed by atoms with Crippen LogP contribution in [0.4, 0.5) is 10.8 Å². The molecule has 4 aromatic rings. The third-order valence-corrected chi connectivity index (χ3v) is 7.04. The molecule has 2 N–H and O–H groups in total. The number of thioether (sulfide) groups is 1. The van der Waals surface area contributed by atoms with Crippen LogP contribution in [0, 0.1) is 6.92 Å². The molecule has 0 bridgehead atoms. The maximum Gasteiger partial charge on any atom is 0.234 e. The molecule has 10 heteroatoms. The molecule has 33 heavy (non-hydrogen) atoms. The van der Waals surface area contributed by atoms with E-state index >= 15 is 0 Å². The number of hydrogen-bond donors (Lipinski definition) is 2. The largest absolute Gasteiger partial charge is 0.354 e. The zero-order valence-electron chi connectivity index (χ0n) is 18.2. The minimum atomic E-state index is -0.124. The summed E-state index contributed by atoms with van der Waals surface area (Å²) < 4.78 is 2.00. The van der Waals surface area contributed by atoms with E-state index in [0.29, 0.717) is 29.0 Å². The molecule has 7 nitrogen and oxygen atoms in total. The predicted octanol–water partition coefficient (Wildman–Crippen LogP) is 5.73. The third kappa shape index (κ3) is 5.93. The number of halogens is 1. The first-order valence-corrected chi connectivity index (χ1v) is 12.6. The zero-order chi connectivity index (χ0) is 23.2. The van der Waals surface area contributed by atoms with E-state index in [1.165, 1.54) is 11.8 Å². The predicted molar refractivity (Wildman–Crippen MR) is 136 cm³/mol. The number of aryl methyl sites for hydroxylation is 1. The van der Waals surface area contributed by atoms with Crippen LogP contribution in [0.5, 0.6) is 0 Å². The Morgan fingerprint density at radius 2 is 2.00 bits per heavy atom. The number of rotatable bonds is 9. The number of carbonyl (C=O) groups excluding carboxylic acids is 1. The van der Waals surface area contributed by atoms with Crippen molar-refractivity contribution < 1.29 is 4.79 Å². The van der Waals surface area contributed by atoms with Gasteiger partial charge in [0.15, 0.2) is 16.1 Å². The van der Waals surface area contributed by atoms with Gasteiger partial charge in [0, 0.05) is 28.2 Å². The van der Waals surface area contributed by atoms with Gasteiger partial charge in [-0.2, -0.15) is 0 Å². The van der Waals surface area contributed by atoms with Crippen molar-refractivity contribution in [3.63, 3.8) is 0 Å². The summed E-state index contributed by atoms with van der Waals surface area (Å²) in [4.78, 5) is 17.0. The molecule has 2 aromatic carbocycles. The van der Waals surface area contributed by atoms with Gasteiger partial charge < -0.3 is 15.2 Å². The van der Waals surface area contributed by atoms with E-state index in [4.69, 9.17) is 11.6 Å². The molecule has 0 aliphatic heterocycles. The van der Waals surface area contributed by atoms with Gasteiger partial charge in [-0.1, -0.05) is 59.8 Å². The first kappa shape index (κ1) is 23.3. The fourth-order valence-electron chi connectivity index (χ4n) is 3.12. The Bertz CT molecular complexity index is 1240. The number of anilines is 2. The second-order valence-electron chi connectivity index (χ2n) is 7.20. The summed E-state index contributed by atoms with van der Waals surface area (Å²) in [7, 11) is 0. The molecule has 1 amide bonds. The highest BCUT2D eigenvalue weighted by atomic mass is 35.5. The van der Waals surface area contributed by atoms with Crippen LogP contribution in [0.15, 0.2) is 59.1 Å². The van der Waals surface area contributed by atoms with Gasteiger partial charge in [0.1, 0.15) is 0 Å². The van der Waals surface area contributed by atoms with Crippen molar-refractivity contribution in [3.8, 4) is 11.3 Å². The number of carbonyl (C=O) groups is 1. The van der Waals surface area contributed by atoms with Crippen LogP contribution in [0.3, 0.4) is 0 Å². The number of nitrogens with zero attached hydrogens (tertiary/aromatic N) is 4. The molecule has 0 spiro atoms. The summed E-state index contributed by atoms with van der Waals surface area (Å²) >= 11 is 9.04. The molecule has 170 valence electrons. The van der Waals surface area contributed by atoms with Crippen molar-refractivity contribution in [1.29, 1.82) is 0 Å². The minimum absolute atomic E-state index is 0.124. The van der Waals surface area contributed by atoms with E-state index in [9.17, 15) is 4.79 Å². The van der Waals surface area contributed by atoms with Crippen LogP contribution >= 0.6 is 34.7 Å². The Labute approximate surface area is 205 Å². The second-order valence-corrected chi connectivity index (χ2v) is 9.41. The number of benzene rings is 2. The molecular formula is C23H23ClN6OS2. The summed E-state index contributed by atoms with van der Waals surface area (Å²) in [6.07, 6.45) is 0. The first-order valence-electron chi connectivity index (χ1n) is 10.4. The highest BCUT2D eigenvalue weighted by molar-refractivity contribution is 7.99. The van der Waals surface area contributed by atoms with Gasteiger partial charge in [-0.3, -0.25) is 4.79 Å².